The molecule has 0 aromatic rings. The number of carbonyl (C=O) groups excluding carboxylic acids is 1. The van der Waals surface area contributed by atoms with Crippen LogP contribution < -0.4 is 5.32 Å². The topological polar surface area (TPSA) is 50.8 Å². The van der Waals surface area contributed by atoms with Crippen LogP contribution in [0.4, 0.5) is 0 Å². The second-order valence-electron chi connectivity index (χ2n) is 7.49. The lowest BCUT2D eigenvalue weighted by atomic mass is 9.96. The zero-order valence-electron chi connectivity index (χ0n) is 13.3. The van der Waals surface area contributed by atoms with Gasteiger partial charge in [-0.2, -0.15) is 0 Å². The van der Waals surface area contributed by atoms with E-state index in [1.807, 2.05) is 0 Å². The normalized spacial score (nSPS) is 28.4. The molecule has 0 bridgehead atoms. The molecule has 5 heteroatoms. The van der Waals surface area contributed by atoms with E-state index in [1.165, 1.54) is 25.7 Å². The molecule has 124 valence electrons. The van der Waals surface area contributed by atoms with Crippen molar-refractivity contribution in [2.45, 2.75) is 50.9 Å². The molecule has 2 saturated heterocycles. The van der Waals surface area contributed by atoms with Crippen LogP contribution in [0.25, 0.3) is 0 Å². The third kappa shape index (κ3) is 3.63. The molecule has 2 aliphatic carbocycles. The first-order valence-electron chi connectivity index (χ1n) is 9.04. The van der Waals surface area contributed by atoms with Gasteiger partial charge in [0, 0.05) is 12.0 Å². The van der Waals surface area contributed by atoms with Crippen LogP contribution in [0.5, 0.6) is 0 Å². The summed E-state index contributed by atoms with van der Waals surface area (Å²) in [5.74, 6) is 2.29. The molecule has 22 heavy (non-hydrogen) atoms. The fourth-order valence-corrected chi connectivity index (χ4v) is 4.00. The van der Waals surface area contributed by atoms with Gasteiger partial charge >= 0.3 is 0 Å². The van der Waals surface area contributed by atoms with E-state index >= 15 is 0 Å². The van der Waals surface area contributed by atoms with E-state index in [4.69, 9.17) is 9.47 Å². The van der Waals surface area contributed by atoms with Crippen molar-refractivity contribution < 1.29 is 14.3 Å². The molecule has 5 nitrogen and oxygen atoms in total. The highest BCUT2D eigenvalue weighted by Gasteiger charge is 2.42. The first-order valence-corrected chi connectivity index (χ1v) is 9.04. The number of nitrogens with one attached hydrogen (secondary N) is 1. The van der Waals surface area contributed by atoms with Gasteiger partial charge in [-0.05, 0) is 63.5 Å². The van der Waals surface area contributed by atoms with Gasteiger partial charge in [-0.15, -0.1) is 0 Å². The quantitative estimate of drug-likeness (QED) is 0.805. The van der Waals surface area contributed by atoms with Crippen LogP contribution in [0.2, 0.25) is 0 Å². The SMILES string of the molecule is O=C(CN1CCC(C2OCCO2)CC1)NC(C1CC1)C1CC1. The van der Waals surface area contributed by atoms with Crippen LogP contribution in [0.1, 0.15) is 38.5 Å². The maximum Gasteiger partial charge on any atom is 0.234 e. The van der Waals surface area contributed by atoms with Gasteiger partial charge in [0.25, 0.3) is 0 Å². The fourth-order valence-electron chi connectivity index (χ4n) is 4.00. The predicted octanol–water partition coefficient (Wildman–Crippen LogP) is 1.38. The molecule has 0 atom stereocenters. The Morgan fingerprint density at radius 3 is 2.14 bits per heavy atom. The van der Waals surface area contributed by atoms with Crippen LogP contribution >= 0.6 is 0 Å². The highest BCUT2D eigenvalue weighted by atomic mass is 16.7. The van der Waals surface area contributed by atoms with Gasteiger partial charge in [0.15, 0.2) is 6.29 Å². The van der Waals surface area contributed by atoms with Crippen molar-refractivity contribution in [3.05, 3.63) is 0 Å². The Hall–Kier alpha value is -0.650. The Bertz CT molecular complexity index is 383. The molecule has 1 amide bonds. The summed E-state index contributed by atoms with van der Waals surface area (Å²) in [6.07, 6.45) is 7.41. The number of ether oxygens (including phenoxy) is 2. The van der Waals surface area contributed by atoms with E-state index in [1.54, 1.807) is 0 Å². The summed E-state index contributed by atoms with van der Waals surface area (Å²) in [6.45, 7) is 4.00. The molecule has 0 unspecified atom stereocenters. The Morgan fingerprint density at radius 1 is 1.00 bits per heavy atom. The summed E-state index contributed by atoms with van der Waals surface area (Å²) in [7, 11) is 0. The van der Waals surface area contributed by atoms with E-state index < -0.39 is 0 Å². The van der Waals surface area contributed by atoms with Gasteiger partial charge in [-0.1, -0.05) is 0 Å². The van der Waals surface area contributed by atoms with Gasteiger partial charge in [-0.3, -0.25) is 9.69 Å². The molecule has 0 aromatic heterocycles. The van der Waals surface area contributed by atoms with Crippen molar-refractivity contribution in [3.63, 3.8) is 0 Å². The summed E-state index contributed by atoms with van der Waals surface area (Å²) < 4.78 is 11.2. The minimum atomic E-state index is 0.00471. The zero-order valence-corrected chi connectivity index (χ0v) is 13.3. The van der Waals surface area contributed by atoms with Crippen LogP contribution in [0, 0.1) is 17.8 Å². The lowest BCUT2D eigenvalue weighted by molar-refractivity contribution is -0.125. The number of hydrogen-bond donors (Lipinski definition) is 1. The van der Waals surface area contributed by atoms with Crippen molar-refractivity contribution in [2.24, 2.45) is 17.8 Å². The number of amides is 1. The molecule has 4 rings (SSSR count). The standard InChI is InChI=1S/C17H28N2O3/c20-15(18-16(12-1-2-12)13-3-4-13)11-19-7-5-14(6-8-19)17-21-9-10-22-17/h12-14,16-17H,1-11H2,(H,18,20). The second-order valence-corrected chi connectivity index (χ2v) is 7.49. The van der Waals surface area contributed by atoms with Gasteiger partial charge in [0.2, 0.25) is 5.91 Å². The molecular weight excluding hydrogens is 280 g/mol. The average Bonchev–Trinajstić information content (AvgIpc) is 3.45. The van der Waals surface area contributed by atoms with E-state index in [9.17, 15) is 4.79 Å². The number of likely N-dealkylation sites (tertiary alicyclic amines) is 1. The molecule has 4 aliphatic rings. The summed E-state index contributed by atoms with van der Waals surface area (Å²) in [6, 6.07) is 0.477. The molecule has 0 aromatic carbocycles. The van der Waals surface area contributed by atoms with Crippen LogP contribution in [0.3, 0.4) is 0 Å². The summed E-state index contributed by atoms with van der Waals surface area (Å²) in [5, 5.41) is 3.32. The van der Waals surface area contributed by atoms with Crippen molar-refractivity contribution in [1.82, 2.24) is 10.2 Å². The Morgan fingerprint density at radius 2 is 1.59 bits per heavy atom. The predicted molar refractivity (Wildman–Crippen MR) is 82.2 cm³/mol. The lowest BCUT2D eigenvalue weighted by Gasteiger charge is -2.33. The van der Waals surface area contributed by atoms with E-state index in [-0.39, 0.29) is 12.2 Å². The van der Waals surface area contributed by atoms with Crippen LogP contribution in [0.15, 0.2) is 0 Å². The number of nitrogens with zero attached hydrogens (tertiary/aromatic N) is 1. The lowest BCUT2D eigenvalue weighted by Crippen LogP contribution is -2.46. The average molecular weight is 308 g/mol. The van der Waals surface area contributed by atoms with E-state index in [0.29, 0.717) is 18.5 Å². The number of carbonyl (C=O) groups is 1. The van der Waals surface area contributed by atoms with E-state index in [2.05, 4.69) is 10.2 Å². The van der Waals surface area contributed by atoms with Crippen molar-refractivity contribution >= 4 is 5.91 Å². The molecule has 2 aliphatic heterocycles. The van der Waals surface area contributed by atoms with Crippen LogP contribution in [-0.4, -0.2) is 56.0 Å². The molecule has 2 saturated carbocycles. The number of hydrogen-bond acceptors (Lipinski definition) is 4. The summed E-state index contributed by atoms with van der Waals surface area (Å²) in [4.78, 5) is 14.6. The minimum absolute atomic E-state index is 0.00471. The fraction of sp³-hybridized carbons (Fsp3) is 0.941. The van der Waals surface area contributed by atoms with Gasteiger partial charge in [0.1, 0.15) is 0 Å². The molecule has 0 radical (unpaired) electrons. The molecule has 0 spiro atoms. The van der Waals surface area contributed by atoms with Crippen molar-refractivity contribution in [2.75, 3.05) is 32.8 Å². The van der Waals surface area contributed by atoms with Gasteiger partial charge in [0.05, 0.1) is 19.8 Å². The highest BCUT2D eigenvalue weighted by Crippen LogP contribution is 2.44. The Kier molecular flexibility index (Phi) is 4.38. The Labute approximate surface area is 132 Å². The Balaban J connectivity index is 1.19. The molecular formula is C17H28N2O3. The number of piperidine rings is 1. The van der Waals surface area contributed by atoms with Crippen LogP contribution in [-0.2, 0) is 14.3 Å². The van der Waals surface area contributed by atoms with Crippen molar-refractivity contribution in [1.29, 1.82) is 0 Å². The largest absolute Gasteiger partial charge is 0.352 e. The third-order valence-electron chi connectivity index (χ3n) is 5.62. The molecule has 2 heterocycles. The maximum atomic E-state index is 12.3. The van der Waals surface area contributed by atoms with Gasteiger partial charge in [-0.25, -0.2) is 0 Å². The first kappa shape index (κ1) is 14.9. The number of rotatable bonds is 6. The smallest absolute Gasteiger partial charge is 0.234 e. The second kappa shape index (κ2) is 6.46. The monoisotopic (exact) mass is 308 g/mol. The first-order chi connectivity index (χ1) is 10.8. The molecule has 4 fully saturated rings. The molecule has 1 N–H and O–H groups in total. The highest BCUT2D eigenvalue weighted by molar-refractivity contribution is 5.78. The maximum absolute atomic E-state index is 12.3. The summed E-state index contributed by atoms with van der Waals surface area (Å²) >= 11 is 0. The third-order valence-corrected chi connectivity index (χ3v) is 5.62. The van der Waals surface area contributed by atoms with Gasteiger partial charge < -0.3 is 14.8 Å². The van der Waals surface area contributed by atoms with E-state index in [0.717, 1.165) is 51.0 Å². The zero-order chi connectivity index (χ0) is 14.9. The van der Waals surface area contributed by atoms with Crippen molar-refractivity contribution in [3.8, 4) is 0 Å². The minimum Gasteiger partial charge on any atom is -0.352 e. The summed E-state index contributed by atoms with van der Waals surface area (Å²) in [5.41, 5.74) is 0.